The second kappa shape index (κ2) is 9.48. The highest BCUT2D eigenvalue weighted by atomic mass is 16.3. The number of primary amides is 1. The minimum Gasteiger partial charge on any atom is -0.507 e. The fourth-order valence-electron chi connectivity index (χ4n) is 7.08. The Kier molecular flexibility index (Phi) is 6.58. The zero-order valence-electron chi connectivity index (χ0n) is 23.5. The number of Topliss-reactive ketones (excluding diaryl/α,β-unsaturated/α-hetero) is 4. The molecule has 1 amide bonds. The molecule has 6 N–H and O–H groups in total. The van der Waals surface area contributed by atoms with Crippen LogP contribution in [0.4, 0.5) is 11.6 Å². The van der Waals surface area contributed by atoms with Gasteiger partial charge in [0.2, 0.25) is 11.9 Å². The summed E-state index contributed by atoms with van der Waals surface area (Å²) in [5, 5.41) is 23.2. The topological polar surface area (TPSA) is 202 Å². The molecule has 13 nitrogen and oxygen atoms in total. The Labute approximate surface area is 236 Å². The maximum absolute atomic E-state index is 14.1. The van der Waals surface area contributed by atoms with Crippen molar-refractivity contribution in [3.63, 3.8) is 0 Å². The molecule has 0 saturated heterocycles. The molecule has 2 unspecified atom stereocenters. The lowest BCUT2D eigenvalue weighted by atomic mass is 9.52. The Hall–Kier alpha value is -4.10. The summed E-state index contributed by atoms with van der Waals surface area (Å²) in [4.78, 5) is 74.4. The summed E-state index contributed by atoms with van der Waals surface area (Å²) in [6.07, 6.45) is 1.75. The highest BCUT2D eigenvalue weighted by Crippen LogP contribution is 2.52. The third kappa shape index (κ3) is 3.90. The van der Waals surface area contributed by atoms with Crippen molar-refractivity contribution in [3.05, 3.63) is 34.6 Å². The summed E-state index contributed by atoms with van der Waals surface area (Å²) in [6.45, 7) is 1.90. The zero-order valence-corrected chi connectivity index (χ0v) is 23.5. The minimum absolute atomic E-state index is 0.00988. The van der Waals surface area contributed by atoms with E-state index in [1.54, 1.807) is 56.8 Å². The van der Waals surface area contributed by atoms with Crippen LogP contribution in [0.25, 0.3) is 0 Å². The van der Waals surface area contributed by atoms with Crippen LogP contribution < -0.4 is 16.4 Å². The minimum atomic E-state index is -2.77. The molecule has 2 saturated carbocycles. The molecule has 1 aromatic carbocycles. The van der Waals surface area contributed by atoms with E-state index in [0.717, 1.165) is 5.69 Å². The summed E-state index contributed by atoms with van der Waals surface area (Å²) in [6, 6.07) is 0.611. The Morgan fingerprint density at radius 1 is 1.17 bits per heavy atom. The van der Waals surface area contributed by atoms with Crippen LogP contribution in [-0.4, -0.2) is 93.5 Å². The van der Waals surface area contributed by atoms with Crippen molar-refractivity contribution < 1.29 is 34.2 Å². The summed E-state index contributed by atoms with van der Waals surface area (Å²) >= 11 is 0. The van der Waals surface area contributed by atoms with Crippen LogP contribution >= 0.6 is 0 Å². The van der Waals surface area contributed by atoms with Crippen molar-refractivity contribution in [2.24, 2.45) is 29.4 Å². The van der Waals surface area contributed by atoms with Crippen molar-refractivity contribution >= 4 is 40.7 Å². The van der Waals surface area contributed by atoms with Crippen LogP contribution in [0.1, 0.15) is 33.6 Å². The maximum Gasteiger partial charge on any atom is 0.235 e. The monoisotopic (exact) mass is 566 g/mol. The van der Waals surface area contributed by atoms with E-state index in [1.165, 1.54) is 4.90 Å². The molecule has 3 aliphatic carbocycles. The van der Waals surface area contributed by atoms with Crippen molar-refractivity contribution in [1.82, 2.24) is 14.5 Å². The Balaban J connectivity index is 1.66. The van der Waals surface area contributed by atoms with Crippen LogP contribution in [0.3, 0.4) is 0 Å². The van der Waals surface area contributed by atoms with Crippen LogP contribution in [0.5, 0.6) is 5.75 Å². The lowest BCUT2D eigenvalue weighted by Gasteiger charge is -2.52. The first kappa shape index (κ1) is 28.4. The van der Waals surface area contributed by atoms with Gasteiger partial charge in [-0.25, -0.2) is 4.98 Å². The van der Waals surface area contributed by atoms with Gasteiger partial charge in [0.1, 0.15) is 5.75 Å². The summed E-state index contributed by atoms with van der Waals surface area (Å²) in [5.74, 6) is -10.6. The number of benzene rings is 1. The molecule has 0 spiro atoms. The van der Waals surface area contributed by atoms with Gasteiger partial charge in [0.05, 0.1) is 30.3 Å². The molecule has 1 aromatic heterocycles. The number of nitrogens with two attached hydrogens (primary N) is 2. The molecule has 2 fully saturated rings. The molecule has 13 heteroatoms. The van der Waals surface area contributed by atoms with Gasteiger partial charge in [-0.3, -0.25) is 28.9 Å². The number of phenolic OH excluding ortho intramolecular Hbond substituents is 1. The van der Waals surface area contributed by atoms with Crippen molar-refractivity contribution in [2.75, 3.05) is 38.8 Å². The molecular formula is C28H34N6O7. The maximum atomic E-state index is 14.1. The number of aryl methyl sites for hydroxylation is 1. The number of hydrogen-bond acceptors (Lipinski definition) is 11. The number of amides is 1. The van der Waals surface area contributed by atoms with Crippen LogP contribution in [0, 0.1) is 30.6 Å². The number of carbonyl (C=O) groups excluding carboxylic acids is 5. The van der Waals surface area contributed by atoms with E-state index in [0.29, 0.717) is 16.8 Å². The first-order valence-electron chi connectivity index (χ1n) is 13.3. The lowest BCUT2D eigenvalue weighted by Crippen LogP contribution is -2.74. The molecule has 0 bridgehead atoms. The average Bonchev–Trinajstić information content (AvgIpc) is 3.19. The molecule has 41 heavy (non-hydrogen) atoms. The first-order chi connectivity index (χ1) is 19.1. The van der Waals surface area contributed by atoms with E-state index >= 15 is 0 Å². The van der Waals surface area contributed by atoms with Gasteiger partial charge in [0.25, 0.3) is 0 Å². The summed E-state index contributed by atoms with van der Waals surface area (Å²) in [5.41, 5.74) is 10.8. The van der Waals surface area contributed by atoms with Gasteiger partial charge in [-0.2, -0.15) is 0 Å². The number of aliphatic hydroxyl groups is 1. The second-order valence-electron chi connectivity index (χ2n) is 11.8. The number of nitrogens with zero attached hydrogens (tertiary/aromatic N) is 4. The fraction of sp³-hybridized carbons (Fsp3) is 0.500. The van der Waals surface area contributed by atoms with E-state index in [4.69, 9.17) is 11.5 Å². The smallest absolute Gasteiger partial charge is 0.235 e. The number of aromatic hydroxyl groups is 1. The van der Waals surface area contributed by atoms with E-state index in [9.17, 15) is 34.2 Å². The van der Waals surface area contributed by atoms with Crippen molar-refractivity contribution in [3.8, 4) is 5.75 Å². The average molecular weight is 567 g/mol. The number of anilines is 2. The largest absolute Gasteiger partial charge is 0.507 e. The normalized spacial score (nSPS) is 29.3. The highest BCUT2D eigenvalue weighted by Gasteiger charge is 2.69. The number of ketones is 4. The molecule has 218 valence electrons. The van der Waals surface area contributed by atoms with Gasteiger partial charge in [0, 0.05) is 37.0 Å². The van der Waals surface area contributed by atoms with Crippen molar-refractivity contribution in [1.29, 1.82) is 0 Å². The Morgan fingerprint density at radius 3 is 2.37 bits per heavy atom. The predicted molar refractivity (Wildman–Crippen MR) is 146 cm³/mol. The quantitative estimate of drug-likeness (QED) is 0.326. The van der Waals surface area contributed by atoms with Crippen LogP contribution in [0.15, 0.2) is 12.3 Å². The number of carbonyl (C=O) groups is 5. The van der Waals surface area contributed by atoms with Crippen molar-refractivity contribution in [2.45, 2.75) is 38.0 Å². The van der Waals surface area contributed by atoms with E-state index in [2.05, 4.69) is 4.98 Å². The predicted octanol–water partition coefficient (Wildman–Crippen LogP) is -0.932. The van der Waals surface area contributed by atoms with Gasteiger partial charge >= 0.3 is 0 Å². The first-order valence-corrected chi connectivity index (χ1v) is 13.3. The third-order valence-corrected chi connectivity index (χ3v) is 9.01. The number of fused-ring (bicyclic) bond motifs is 3. The van der Waals surface area contributed by atoms with E-state index in [1.807, 2.05) is 0 Å². The van der Waals surface area contributed by atoms with Gasteiger partial charge in [0.15, 0.2) is 34.7 Å². The molecule has 0 radical (unpaired) electrons. The van der Waals surface area contributed by atoms with Crippen LogP contribution in [-0.2, 0) is 32.1 Å². The Morgan fingerprint density at radius 2 is 1.83 bits per heavy atom. The fourth-order valence-corrected chi connectivity index (χ4v) is 7.08. The molecule has 3 aliphatic rings. The summed E-state index contributed by atoms with van der Waals surface area (Å²) < 4.78 is 1.67. The number of likely N-dealkylation sites (N-methyl/N-ethyl adjacent to an activating group) is 1. The van der Waals surface area contributed by atoms with Gasteiger partial charge < -0.3 is 31.1 Å². The van der Waals surface area contributed by atoms with E-state index < -0.39 is 64.4 Å². The SMILES string of the molecule is Cc1cnc(N)n1Cc1cc(N(C)C)c2c(c1O)C(=O)C1C(=O)[C@]3(O)C(=O)C(C(N)=O)C(=O)[C@@H](N(C)C)[C@@H]3C[C@@H]1C2. The number of hydrogen-bond donors (Lipinski definition) is 4. The molecule has 6 atom stereocenters. The number of nitrogen functional groups attached to an aromatic ring is 1. The molecule has 5 rings (SSSR count). The van der Waals surface area contributed by atoms with Crippen LogP contribution in [0.2, 0.25) is 0 Å². The van der Waals surface area contributed by atoms with Gasteiger partial charge in [-0.1, -0.05) is 0 Å². The number of phenols is 1. The van der Waals surface area contributed by atoms with Gasteiger partial charge in [-0.05, 0) is 51.4 Å². The van der Waals surface area contributed by atoms with E-state index in [-0.39, 0.29) is 36.6 Å². The molecule has 2 aromatic rings. The molecular weight excluding hydrogens is 532 g/mol. The molecule has 1 heterocycles. The summed E-state index contributed by atoms with van der Waals surface area (Å²) in [7, 11) is 6.68. The standard InChI is InChI=1S/C28H34N6O7/c1-11-9-31-27(30)34(11)10-13-8-16(32(2)3)14-6-12-7-15-20(33(4)5)23(37)19(26(29)40)25(39)28(15,41)24(38)17(12)22(36)18(14)21(13)35/h8-9,12,15,17,19-20,35,41H,6-7,10H2,1-5H3,(H2,29,40)(H2,30,31)/t12-,15-,17?,19?,20-,28-/m0/s1. The third-order valence-electron chi connectivity index (χ3n) is 9.01. The molecule has 0 aliphatic heterocycles. The second-order valence-corrected chi connectivity index (χ2v) is 11.8. The highest BCUT2D eigenvalue weighted by molar-refractivity contribution is 6.32. The number of aromatic nitrogens is 2. The zero-order chi connectivity index (χ0) is 30.3. The number of imidazole rings is 1. The van der Waals surface area contributed by atoms with Gasteiger partial charge in [-0.15, -0.1) is 0 Å². The Bertz CT molecular complexity index is 1510. The number of rotatable bonds is 5. The lowest BCUT2D eigenvalue weighted by molar-refractivity contribution is -0.181.